The molecule has 1 atom stereocenters. The molecular weight excluding hydrogens is 608 g/mol. The Balaban J connectivity index is 0.00000169. The van der Waals surface area contributed by atoms with Crippen molar-refractivity contribution in [2.75, 3.05) is 29.9 Å². The lowest BCUT2D eigenvalue weighted by molar-refractivity contribution is -0.00718. The number of carbonyl (C=O) groups is 1. The topological polar surface area (TPSA) is 60.5 Å². The minimum atomic E-state index is -0.552. The van der Waals surface area contributed by atoms with Crippen LogP contribution in [0.2, 0.25) is 0 Å². The average molecular weight is 647 g/mol. The largest absolute Gasteiger partial charge is 0.327 e. The summed E-state index contributed by atoms with van der Waals surface area (Å²) in [5, 5.41) is 7.72. The summed E-state index contributed by atoms with van der Waals surface area (Å²) in [5.41, 5.74) is 2.92. The van der Waals surface area contributed by atoms with Crippen molar-refractivity contribution >= 4 is 65.5 Å². The van der Waals surface area contributed by atoms with Crippen LogP contribution in [0.15, 0.2) is 91.1 Å². The number of aromatic nitrogens is 1. The van der Waals surface area contributed by atoms with Gasteiger partial charge < -0.3 is 10.6 Å². The Morgan fingerprint density at radius 2 is 1.65 bits per heavy atom. The predicted octanol–water partition coefficient (Wildman–Crippen LogP) is 8.23. The monoisotopic (exact) mass is 645 g/mol. The average Bonchev–Trinajstić information content (AvgIpc) is 2.99. The fourth-order valence-electron chi connectivity index (χ4n) is 6.49. The molecule has 1 aliphatic carbocycles. The molecule has 1 saturated heterocycles. The van der Waals surface area contributed by atoms with Crippen molar-refractivity contribution in [2.24, 2.45) is 5.92 Å². The molecule has 230 valence electrons. The highest BCUT2D eigenvalue weighted by atomic mass is 35.5. The maximum atomic E-state index is 14.5. The van der Waals surface area contributed by atoms with Crippen molar-refractivity contribution in [1.29, 1.82) is 0 Å². The summed E-state index contributed by atoms with van der Waals surface area (Å²) < 4.78 is 13.9. The summed E-state index contributed by atoms with van der Waals surface area (Å²) in [7, 11) is 0. The summed E-state index contributed by atoms with van der Waals surface area (Å²) in [6.07, 6.45) is 5.47. The third-order valence-electron chi connectivity index (χ3n) is 8.58. The second-order valence-electron chi connectivity index (χ2n) is 11.1. The number of anilines is 2. The molecule has 10 heteroatoms. The maximum absolute atomic E-state index is 14.5. The van der Waals surface area contributed by atoms with Gasteiger partial charge in [0.15, 0.2) is 0 Å². The zero-order valence-electron chi connectivity index (χ0n) is 24.1. The number of hydrogen-bond acceptors (Lipinski definition) is 4. The lowest BCUT2D eigenvalue weighted by Crippen LogP contribution is -2.68. The second-order valence-corrected chi connectivity index (χ2v) is 11.1. The molecule has 43 heavy (non-hydrogen) atoms. The molecule has 2 N–H and O–H groups in total. The number of nitrogens with zero attached hydrogens (tertiary/aromatic N) is 3. The van der Waals surface area contributed by atoms with Gasteiger partial charge in [0.1, 0.15) is 11.5 Å². The number of rotatable bonds is 5. The van der Waals surface area contributed by atoms with Gasteiger partial charge in [0.25, 0.3) is 0 Å². The zero-order chi connectivity index (χ0) is 27.5. The van der Waals surface area contributed by atoms with E-state index in [-0.39, 0.29) is 55.1 Å². The molecule has 1 unspecified atom stereocenters. The fraction of sp³-hybridized carbons (Fsp3) is 0.333. The summed E-state index contributed by atoms with van der Waals surface area (Å²) in [6, 6.07) is 26.5. The summed E-state index contributed by atoms with van der Waals surface area (Å²) in [6.45, 7) is 4.65. The first kappa shape index (κ1) is 34.5. The van der Waals surface area contributed by atoms with Gasteiger partial charge >= 0.3 is 6.03 Å². The second kappa shape index (κ2) is 15.2. The molecule has 6 nitrogen and oxygen atoms in total. The third-order valence-corrected chi connectivity index (χ3v) is 8.58. The Bertz CT molecular complexity index is 1470. The number of para-hydroxylation sites is 2. The lowest BCUT2D eigenvalue weighted by atomic mass is 9.78. The first-order valence-electron chi connectivity index (χ1n) is 14.3. The van der Waals surface area contributed by atoms with Crippen LogP contribution in [0.3, 0.4) is 0 Å². The molecule has 2 amide bonds. The van der Waals surface area contributed by atoms with Crippen LogP contribution in [0.25, 0.3) is 10.9 Å². The van der Waals surface area contributed by atoms with Crippen LogP contribution in [0.1, 0.15) is 44.2 Å². The van der Waals surface area contributed by atoms with E-state index < -0.39 is 5.66 Å². The van der Waals surface area contributed by atoms with Crippen LogP contribution in [-0.4, -0.2) is 41.2 Å². The molecule has 2 heterocycles. The number of halogens is 4. The molecule has 1 aromatic heterocycles. The Labute approximate surface area is 271 Å². The van der Waals surface area contributed by atoms with Gasteiger partial charge in [-0.15, -0.1) is 37.2 Å². The van der Waals surface area contributed by atoms with Crippen LogP contribution in [0.5, 0.6) is 0 Å². The predicted molar refractivity (Wildman–Crippen MR) is 181 cm³/mol. The van der Waals surface area contributed by atoms with Crippen molar-refractivity contribution in [3.63, 3.8) is 0 Å². The molecule has 6 rings (SSSR count). The minimum Gasteiger partial charge on any atom is -0.314 e. The molecule has 4 aromatic rings. The van der Waals surface area contributed by atoms with E-state index in [9.17, 15) is 9.18 Å². The number of amides is 2. The molecule has 2 aliphatic rings. The van der Waals surface area contributed by atoms with Crippen molar-refractivity contribution in [3.8, 4) is 0 Å². The molecular formula is C33H39Cl3FN5O. The van der Waals surface area contributed by atoms with Crippen molar-refractivity contribution in [1.82, 2.24) is 15.2 Å². The number of piperazine rings is 1. The summed E-state index contributed by atoms with van der Waals surface area (Å²) in [4.78, 5) is 23.5. The number of fused-ring (bicyclic) bond motifs is 1. The molecule has 0 radical (unpaired) electrons. The molecule has 1 saturated carbocycles. The van der Waals surface area contributed by atoms with Gasteiger partial charge in [-0.3, -0.25) is 14.8 Å². The molecule has 2 fully saturated rings. The number of pyridine rings is 1. The van der Waals surface area contributed by atoms with E-state index in [1.165, 1.54) is 12.1 Å². The van der Waals surface area contributed by atoms with Gasteiger partial charge in [-0.1, -0.05) is 55.5 Å². The van der Waals surface area contributed by atoms with Gasteiger partial charge in [-0.25, -0.2) is 9.18 Å². The van der Waals surface area contributed by atoms with Gasteiger partial charge in [0.05, 0.1) is 17.4 Å². The Morgan fingerprint density at radius 3 is 2.37 bits per heavy atom. The molecule has 0 bridgehead atoms. The third kappa shape index (κ3) is 7.24. The highest BCUT2D eigenvalue weighted by molar-refractivity contribution is 6.03. The quantitative estimate of drug-likeness (QED) is 0.229. The first-order valence-corrected chi connectivity index (χ1v) is 14.3. The number of hydrogen-bond donors (Lipinski definition) is 2. The highest BCUT2D eigenvalue weighted by Crippen LogP contribution is 2.45. The van der Waals surface area contributed by atoms with E-state index in [1.807, 2.05) is 77.7 Å². The van der Waals surface area contributed by atoms with Gasteiger partial charge in [0.2, 0.25) is 0 Å². The Hall–Kier alpha value is -2.94. The molecule has 0 spiro atoms. The van der Waals surface area contributed by atoms with E-state index in [4.69, 9.17) is 0 Å². The van der Waals surface area contributed by atoms with Crippen LogP contribution in [0, 0.1) is 11.7 Å². The van der Waals surface area contributed by atoms with Crippen molar-refractivity contribution in [2.45, 2.75) is 44.3 Å². The normalized spacial score (nSPS) is 21.9. The van der Waals surface area contributed by atoms with Crippen molar-refractivity contribution < 1.29 is 9.18 Å². The van der Waals surface area contributed by atoms with E-state index in [0.29, 0.717) is 11.6 Å². The number of benzene rings is 3. The SMILES string of the molecule is CC1CCC(N(C(=O)Nc2cnc3ccccc3c2)c2ccccc2)(N2CCNCC2c2ccc(F)cc2)CC1.Cl.Cl.Cl. The fourth-order valence-corrected chi connectivity index (χ4v) is 6.49. The Kier molecular flexibility index (Phi) is 12.2. The highest BCUT2D eigenvalue weighted by Gasteiger charge is 2.50. The maximum Gasteiger partial charge on any atom is 0.327 e. The number of nitrogens with one attached hydrogen (secondary N) is 2. The number of urea groups is 1. The Morgan fingerprint density at radius 1 is 0.977 bits per heavy atom. The molecule has 3 aromatic carbocycles. The lowest BCUT2D eigenvalue weighted by Gasteiger charge is -2.57. The van der Waals surface area contributed by atoms with Crippen LogP contribution in [-0.2, 0) is 0 Å². The van der Waals surface area contributed by atoms with Crippen LogP contribution >= 0.6 is 37.2 Å². The van der Waals surface area contributed by atoms with E-state index in [1.54, 1.807) is 6.20 Å². The standard InChI is InChI=1S/C33H36FN5O.3ClH/c1-24-15-17-33(18-16-24,38-20-19-35-23-31(38)25-11-13-27(34)14-12-25)39(29-8-3-2-4-9-29)32(40)37-28-21-26-7-5-6-10-30(26)36-22-28;;;/h2-14,21-22,24,31,35H,15-20,23H2,1H3,(H,37,40);3*1H. The minimum absolute atomic E-state index is 0. The summed E-state index contributed by atoms with van der Waals surface area (Å²) in [5.74, 6) is 0.347. The van der Waals surface area contributed by atoms with Gasteiger partial charge in [0, 0.05) is 36.7 Å². The van der Waals surface area contributed by atoms with E-state index in [2.05, 4.69) is 27.4 Å². The van der Waals surface area contributed by atoms with Gasteiger partial charge in [-0.05, 0) is 73.6 Å². The molecule has 1 aliphatic heterocycles. The summed E-state index contributed by atoms with van der Waals surface area (Å²) >= 11 is 0. The van der Waals surface area contributed by atoms with Crippen molar-refractivity contribution in [3.05, 3.63) is 103 Å². The number of carbonyl (C=O) groups excluding carboxylic acids is 1. The van der Waals surface area contributed by atoms with Crippen LogP contribution < -0.4 is 15.5 Å². The smallest absolute Gasteiger partial charge is 0.314 e. The zero-order valence-corrected chi connectivity index (χ0v) is 26.6. The van der Waals surface area contributed by atoms with E-state index >= 15 is 0 Å². The van der Waals surface area contributed by atoms with E-state index in [0.717, 1.165) is 67.5 Å². The van der Waals surface area contributed by atoms with Crippen LogP contribution in [0.4, 0.5) is 20.6 Å². The first-order chi connectivity index (χ1) is 19.5. The van der Waals surface area contributed by atoms with Gasteiger partial charge in [-0.2, -0.15) is 0 Å².